The molecule has 0 aliphatic carbocycles. The number of aliphatic carboxylic acids is 1. The zero-order valence-corrected chi connectivity index (χ0v) is 18.7. The highest BCUT2D eigenvalue weighted by atomic mass is 79.9. The zero-order chi connectivity index (χ0) is 22.3. The van der Waals surface area contributed by atoms with Crippen molar-refractivity contribution in [1.82, 2.24) is 10.6 Å². The van der Waals surface area contributed by atoms with Crippen molar-refractivity contribution in [3.05, 3.63) is 62.5 Å². The summed E-state index contributed by atoms with van der Waals surface area (Å²) < 4.78 is 1.51. The molecule has 2 amide bonds. The number of hydrogen-bond acceptors (Lipinski definition) is 4. The Morgan fingerprint density at radius 2 is 1.83 bits per heavy atom. The van der Waals surface area contributed by atoms with Gasteiger partial charge in [-0.25, -0.2) is 0 Å². The smallest absolute Gasteiger partial charge is 0.305 e. The average molecular weight is 541 g/mol. The van der Waals surface area contributed by atoms with E-state index < -0.39 is 23.8 Å². The summed E-state index contributed by atoms with van der Waals surface area (Å²) in [5.74, 6) is -2.38. The van der Waals surface area contributed by atoms with Crippen LogP contribution in [0, 0.1) is 5.41 Å². The van der Waals surface area contributed by atoms with Crippen LogP contribution in [0.15, 0.2) is 51.4 Å². The molecular weight excluding hydrogens is 522 g/mol. The molecule has 0 bridgehead atoms. The van der Waals surface area contributed by atoms with Crippen molar-refractivity contribution in [2.24, 2.45) is 5.73 Å². The van der Waals surface area contributed by atoms with E-state index in [0.29, 0.717) is 11.3 Å². The van der Waals surface area contributed by atoms with Crippen LogP contribution in [0.3, 0.4) is 0 Å². The SMILES string of the molecule is N=C(N)Nc1cccc(C(=O)NCC(=O)NC(CC(=O)O)c2ccc(Br)c(Br)c2)c1. The third kappa shape index (κ3) is 7.16. The van der Waals surface area contributed by atoms with Crippen LogP contribution >= 0.6 is 31.9 Å². The summed E-state index contributed by atoms with van der Waals surface area (Å²) >= 11 is 6.69. The number of anilines is 1. The molecule has 0 saturated heterocycles. The molecule has 2 aromatic rings. The molecule has 158 valence electrons. The van der Waals surface area contributed by atoms with Crippen LogP contribution in [-0.2, 0) is 9.59 Å². The van der Waals surface area contributed by atoms with E-state index in [1.54, 1.807) is 36.4 Å². The van der Waals surface area contributed by atoms with Crippen molar-refractivity contribution < 1.29 is 19.5 Å². The van der Waals surface area contributed by atoms with E-state index in [0.717, 1.165) is 8.95 Å². The minimum atomic E-state index is -1.07. The molecule has 0 heterocycles. The number of rotatable bonds is 8. The molecule has 0 spiro atoms. The summed E-state index contributed by atoms with van der Waals surface area (Å²) in [6.07, 6.45) is -0.313. The van der Waals surface area contributed by atoms with Crippen LogP contribution in [0.5, 0.6) is 0 Å². The van der Waals surface area contributed by atoms with E-state index in [-0.39, 0.29) is 24.5 Å². The van der Waals surface area contributed by atoms with Crippen LogP contribution in [0.25, 0.3) is 0 Å². The molecule has 0 aliphatic heterocycles. The van der Waals surface area contributed by atoms with Gasteiger partial charge in [0.05, 0.1) is 19.0 Å². The van der Waals surface area contributed by atoms with E-state index in [4.69, 9.17) is 16.2 Å². The number of carboxylic acid groups (broad SMARTS) is 1. The lowest BCUT2D eigenvalue weighted by Crippen LogP contribution is -2.39. The Hall–Kier alpha value is -2.92. The maximum absolute atomic E-state index is 12.3. The summed E-state index contributed by atoms with van der Waals surface area (Å²) in [6, 6.07) is 10.7. The highest BCUT2D eigenvalue weighted by Gasteiger charge is 2.19. The fraction of sp³-hybridized carbons (Fsp3) is 0.158. The standard InChI is InChI=1S/C19H19Br2N5O4/c20-13-5-4-10(7-14(13)21)15(8-17(28)29)26-16(27)9-24-18(30)11-2-1-3-12(6-11)25-19(22)23/h1-7,15H,8-9H2,(H,24,30)(H,26,27)(H,28,29)(H4,22,23,25). The Bertz CT molecular complexity index is 983. The number of amides is 2. The Morgan fingerprint density at radius 3 is 2.47 bits per heavy atom. The molecule has 11 heteroatoms. The van der Waals surface area contributed by atoms with Crippen LogP contribution in [0.4, 0.5) is 5.69 Å². The van der Waals surface area contributed by atoms with Gasteiger partial charge in [-0.3, -0.25) is 19.8 Å². The first-order chi connectivity index (χ1) is 14.2. The molecule has 2 aromatic carbocycles. The minimum Gasteiger partial charge on any atom is -0.481 e. The fourth-order valence-corrected chi connectivity index (χ4v) is 3.20. The molecule has 30 heavy (non-hydrogen) atoms. The molecule has 1 atom stereocenters. The van der Waals surface area contributed by atoms with Crippen molar-refractivity contribution in [3.63, 3.8) is 0 Å². The lowest BCUT2D eigenvalue weighted by Gasteiger charge is -2.18. The number of nitrogens with two attached hydrogens (primary N) is 1. The number of guanidine groups is 1. The van der Waals surface area contributed by atoms with Crippen molar-refractivity contribution in [2.75, 3.05) is 11.9 Å². The van der Waals surface area contributed by atoms with Crippen LogP contribution in [0.2, 0.25) is 0 Å². The van der Waals surface area contributed by atoms with Crippen molar-refractivity contribution >= 4 is 61.3 Å². The first-order valence-corrected chi connectivity index (χ1v) is 10.2. The molecule has 0 aliphatic rings. The third-order valence-electron chi connectivity index (χ3n) is 3.87. The number of nitrogens with one attached hydrogen (secondary N) is 4. The molecule has 0 saturated carbocycles. The maximum atomic E-state index is 12.3. The van der Waals surface area contributed by atoms with Gasteiger partial charge in [0, 0.05) is 20.2 Å². The van der Waals surface area contributed by atoms with Gasteiger partial charge in [0.2, 0.25) is 5.91 Å². The largest absolute Gasteiger partial charge is 0.481 e. The Morgan fingerprint density at radius 1 is 1.10 bits per heavy atom. The minimum absolute atomic E-state index is 0.268. The van der Waals surface area contributed by atoms with E-state index in [2.05, 4.69) is 47.8 Å². The normalized spacial score (nSPS) is 11.3. The zero-order valence-electron chi connectivity index (χ0n) is 15.5. The molecule has 0 aromatic heterocycles. The van der Waals surface area contributed by atoms with E-state index in [9.17, 15) is 14.4 Å². The molecule has 0 fully saturated rings. The predicted octanol–water partition coefficient (Wildman–Crippen LogP) is 2.58. The van der Waals surface area contributed by atoms with Gasteiger partial charge in [-0.1, -0.05) is 12.1 Å². The second-order valence-corrected chi connectivity index (χ2v) is 7.90. The topological polar surface area (TPSA) is 157 Å². The summed E-state index contributed by atoms with van der Waals surface area (Å²) in [5.41, 5.74) is 6.60. The van der Waals surface area contributed by atoms with Gasteiger partial charge < -0.3 is 26.8 Å². The first kappa shape index (κ1) is 23.4. The van der Waals surface area contributed by atoms with E-state index in [1.165, 1.54) is 6.07 Å². The predicted molar refractivity (Wildman–Crippen MR) is 119 cm³/mol. The Kier molecular flexibility index (Phi) is 8.36. The van der Waals surface area contributed by atoms with Crippen LogP contribution in [0.1, 0.15) is 28.4 Å². The number of hydrogen-bond donors (Lipinski definition) is 6. The maximum Gasteiger partial charge on any atom is 0.305 e. The fourth-order valence-electron chi connectivity index (χ4n) is 2.56. The third-order valence-corrected chi connectivity index (χ3v) is 5.75. The lowest BCUT2D eigenvalue weighted by molar-refractivity contribution is -0.137. The lowest BCUT2D eigenvalue weighted by atomic mass is 10.0. The summed E-state index contributed by atoms with van der Waals surface area (Å²) in [7, 11) is 0. The first-order valence-electron chi connectivity index (χ1n) is 8.61. The van der Waals surface area contributed by atoms with Gasteiger partial charge in [0.25, 0.3) is 5.91 Å². The van der Waals surface area contributed by atoms with E-state index in [1.807, 2.05) is 0 Å². The van der Waals surface area contributed by atoms with Gasteiger partial charge in [-0.15, -0.1) is 0 Å². The van der Waals surface area contributed by atoms with Gasteiger partial charge in [-0.05, 0) is 67.8 Å². The summed E-state index contributed by atoms with van der Waals surface area (Å²) in [6.45, 7) is -0.336. The monoisotopic (exact) mass is 539 g/mol. The quantitative estimate of drug-likeness (QED) is 0.223. The van der Waals surface area contributed by atoms with Crippen molar-refractivity contribution in [1.29, 1.82) is 5.41 Å². The number of carbonyl (C=O) groups is 3. The van der Waals surface area contributed by atoms with Gasteiger partial charge in [0.15, 0.2) is 5.96 Å². The molecule has 2 rings (SSSR count). The highest BCUT2D eigenvalue weighted by Crippen LogP contribution is 2.27. The van der Waals surface area contributed by atoms with Crippen molar-refractivity contribution in [2.45, 2.75) is 12.5 Å². The van der Waals surface area contributed by atoms with Gasteiger partial charge >= 0.3 is 5.97 Å². The summed E-state index contributed by atoms with van der Waals surface area (Å²) in [4.78, 5) is 35.8. The van der Waals surface area contributed by atoms with E-state index >= 15 is 0 Å². The number of benzene rings is 2. The average Bonchev–Trinajstić information content (AvgIpc) is 2.67. The Balaban J connectivity index is 2.01. The second kappa shape index (κ2) is 10.7. The number of carboxylic acids is 1. The number of carbonyl (C=O) groups excluding carboxylic acids is 2. The van der Waals surface area contributed by atoms with Crippen LogP contribution in [-0.4, -0.2) is 35.4 Å². The highest BCUT2D eigenvalue weighted by molar-refractivity contribution is 9.13. The van der Waals surface area contributed by atoms with Gasteiger partial charge in [0.1, 0.15) is 0 Å². The van der Waals surface area contributed by atoms with Crippen molar-refractivity contribution in [3.8, 4) is 0 Å². The Labute approximate surface area is 189 Å². The number of halogens is 2. The molecule has 9 nitrogen and oxygen atoms in total. The van der Waals surface area contributed by atoms with Crippen LogP contribution < -0.4 is 21.7 Å². The summed E-state index contributed by atoms with van der Waals surface area (Å²) in [5, 5.41) is 24.1. The molecular formula is C19H19Br2N5O4. The molecule has 7 N–H and O–H groups in total. The van der Waals surface area contributed by atoms with Gasteiger partial charge in [-0.2, -0.15) is 0 Å². The second-order valence-electron chi connectivity index (χ2n) is 6.19. The molecule has 0 radical (unpaired) electrons. The molecule has 1 unspecified atom stereocenters.